The van der Waals surface area contributed by atoms with Crippen molar-refractivity contribution >= 4 is 0 Å². The molecule has 64 valence electrons. The second kappa shape index (κ2) is 3.68. The molecule has 0 atom stereocenters. The first-order valence-electron chi connectivity index (χ1n) is 4.46. The number of ether oxygens (including phenoxy) is 1. The molecule has 0 N–H and O–H groups in total. The summed E-state index contributed by atoms with van der Waals surface area (Å²) in [6.45, 7) is 0.672. The van der Waals surface area contributed by atoms with E-state index >= 15 is 0 Å². The van der Waals surface area contributed by atoms with E-state index in [1.807, 2.05) is 18.2 Å². The van der Waals surface area contributed by atoms with E-state index in [4.69, 9.17) is 4.74 Å². The summed E-state index contributed by atoms with van der Waals surface area (Å²) in [5.41, 5.74) is 1.03. The Hall–Kier alpha value is -0.890. The Kier molecular flexibility index (Phi) is 2.37. The zero-order valence-electron chi connectivity index (χ0n) is 7.07. The fourth-order valence-electron chi connectivity index (χ4n) is 1.22. The molecular formula is C10H13NO. The van der Waals surface area contributed by atoms with Gasteiger partial charge in [-0.1, -0.05) is 6.07 Å². The second-order valence-corrected chi connectivity index (χ2v) is 3.18. The summed E-state index contributed by atoms with van der Waals surface area (Å²) < 4.78 is 5.60. The van der Waals surface area contributed by atoms with Crippen molar-refractivity contribution in [1.29, 1.82) is 0 Å². The van der Waals surface area contributed by atoms with Crippen LogP contribution in [0.15, 0.2) is 24.4 Å². The maximum Gasteiger partial charge on any atom is 0.0891 e. The number of rotatable bonds is 3. The Morgan fingerprint density at radius 3 is 2.92 bits per heavy atom. The van der Waals surface area contributed by atoms with Crippen LogP contribution in [0.2, 0.25) is 0 Å². The monoisotopic (exact) mass is 163 g/mol. The predicted octanol–water partition coefficient (Wildman–Crippen LogP) is 2.15. The Labute approximate surface area is 72.6 Å². The topological polar surface area (TPSA) is 22.1 Å². The highest BCUT2D eigenvalue weighted by Gasteiger charge is 2.17. The highest BCUT2D eigenvalue weighted by atomic mass is 16.5. The van der Waals surface area contributed by atoms with Crippen LogP contribution in [-0.2, 0) is 11.3 Å². The lowest BCUT2D eigenvalue weighted by Gasteiger charge is -2.25. The molecule has 2 heteroatoms. The molecule has 12 heavy (non-hydrogen) atoms. The lowest BCUT2D eigenvalue weighted by molar-refractivity contribution is -0.0101. The molecule has 1 aliphatic rings. The van der Waals surface area contributed by atoms with Crippen LogP contribution >= 0.6 is 0 Å². The molecule has 0 aromatic carbocycles. The molecule has 2 rings (SSSR count). The average molecular weight is 163 g/mol. The van der Waals surface area contributed by atoms with E-state index in [1.165, 1.54) is 19.3 Å². The van der Waals surface area contributed by atoms with E-state index in [1.54, 1.807) is 6.20 Å². The van der Waals surface area contributed by atoms with Crippen LogP contribution in [0, 0.1) is 0 Å². The van der Waals surface area contributed by atoms with Gasteiger partial charge in [-0.25, -0.2) is 0 Å². The van der Waals surface area contributed by atoms with Crippen LogP contribution in [-0.4, -0.2) is 11.1 Å². The van der Waals surface area contributed by atoms with Crippen molar-refractivity contribution in [2.45, 2.75) is 32.0 Å². The molecule has 2 nitrogen and oxygen atoms in total. The van der Waals surface area contributed by atoms with Crippen LogP contribution in [0.25, 0.3) is 0 Å². The minimum atomic E-state index is 0.506. The van der Waals surface area contributed by atoms with Gasteiger partial charge in [-0.2, -0.15) is 0 Å². The molecule has 1 heterocycles. The van der Waals surface area contributed by atoms with Crippen molar-refractivity contribution in [2.24, 2.45) is 0 Å². The number of pyridine rings is 1. The summed E-state index contributed by atoms with van der Waals surface area (Å²) in [6, 6.07) is 5.91. The van der Waals surface area contributed by atoms with Gasteiger partial charge in [0.15, 0.2) is 0 Å². The lowest BCUT2D eigenvalue weighted by atomic mass is 9.96. The number of hydrogen-bond donors (Lipinski definition) is 0. The summed E-state index contributed by atoms with van der Waals surface area (Å²) in [5, 5.41) is 0. The van der Waals surface area contributed by atoms with Crippen molar-refractivity contribution in [3.8, 4) is 0 Å². The fraction of sp³-hybridized carbons (Fsp3) is 0.500. The molecule has 1 fully saturated rings. The van der Waals surface area contributed by atoms with Crippen molar-refractivity contribution in [1.82, 2.24) is 4.98 Å². The molecule has 1 aliphatic carbocycles. The van der Waals surface area contributed by atoms with E-state index in [0.29, 0.717) is 12.7 Å². The molecule has 0 amide bonds. The molecule has 0 radical (unpaired) electrons. The van der Waals surface area contributed by atoms with Gasteiger partial charge in [0.05, 0.1) is 18.4 Å². The highest BCUT2D eigenvalue weighted by Crippen LogP contribution is 2.22. The van der Waals surface area contributed by atoms with Gasteiger partial charge in [-0.05, 0) is 31.4 Å². The van der Waals surface area contributed by atoms with E-state index in [9.17, 15) is 0 Å². The third-order valence-electron chi connectivity index (χ3n) is 2.25. The lowest BCUT2D eigenvalue weighted by Crippen LogP contribution is -2.21. The molecule has 0 spiro atoms. The maximum absolute atomic E-state index is 5.60. The Balaban J connectivity index is 1.79. The van der Waals surface area contributed by atoms with Gasteiger partial charge in [0.1, 0.15) is 0 Å². The first-order valence-corrected chi connectivity index (χ1v) is 4.46. The molecule has 0 aliphatic heterocycles. The molecule has 0 unspecified atom stereocenters. The van der Waals surface area contributed by atoms with Gasteiger partial charge in [0.25, 0.3) is 0 Å². The normalized spacial score (nSPS) is 17.3. The SMILES string of the molecule is c1ccc(COC2CCC2)nc1. The minimum absolute atomic E-state index is 0.506. The maximum atomic E-state index is 5.60. The summed E-state index contributed by atoms with van der Waals surface area (Å²) in [5.74, 6) is 0. The number of hydrogen-bond acceptors (Lipinski definition) is 2. The molecule has 1 aromatic heterocycles. The third kappa shape index (κ3) is 1.83. The van der Waals surface area contributed by atoms with Crippen LogP contribution in [0.4, 0.5) is 0 Å². The van der Waals surface area contributed by atoms with Crippen molar-refractivity contribution < 1.29 is 4.74 Å². The zero-order chi connectivity index (χ0) is 8.23. The van der Waals surface area contributed by atoms with Crippen LogP contribution in [0.3, 0.4) is 0 Å². The quantitative estimate of drug-likeness (QED) is 0.681. The smallest absolute Gasteiger partial charge is 0.0891 e. The fourth-order valence-corrected chi connectivity index (χ4v) is 1.22. The van der Waals surface area contributed by atoms with Gasteiger partial charge in [0.2, 0.25) is 0 Å². The zero-order valence-corrected chi connectivity index (χ0v) is 7.07. The van der Waals surface area contributed by atoms with Crippen LogP contribution in [0.5, 0.6) is 0 Å². The van der Waals surface area contributed by atoms with Gasteiger partial charge in [-0.15, -0.1) is 0 Å². The summed E-state index contributed by atoms with van der Waals surface area (Å²) in [6.07, 6.45) is 6.10. The standard InChI is InChI=1S/C10H13NO/c1-2-7-11-9(4-1)8-12-10-5-3-6-10/h1-2,4,7,10H,3,5-6,8H2. The van der Waals surface area contributed by atoms with Crippen LogP contribution < -0.4 is 0 Å². The Bertz CT molecular complexity index is 231. The highest BCUT2D eigenvalue weighted by molar-refractivity contribution is 5.01. The largest absolute Gasteiger partial charge is 0.372 e. The Morgan fingerprint density at radius 1 is 1.42 bits per heavy atom. The van der Waals surface area contributed by atoms with E-state index in [2.05, 4.69) is 4.98 Å². The van der Waals surface area contributed by atoms with Crippen molar-refractivity contribution in [3.05, 3.63) is 30.1 Å². The van der Waals surface area contributed by atoms with E-state index in [0.717, 1.165) is 5.69 Å². The second-order valence-electron chi connectivity index (χ2n) is 3.18. The first-order chi connectivity index (χ1) is 5.95. The molecule has 0 bridgehead atoms. The van der Waals surface area contributed by atoms with Gasteiger partial charge in [0, 0.05) is 6.20 Å². The van der Waals surface area contributed by atoms with Crippen LogP contribution in [0.1, 0.15) is 25.0 Å². The summed E-state index contributed by atoms with van der Waals surface area (Å²) in [7, 11) is 0. The molecule has 1 saturated carbocycles. The predicted molar refractivity (Wildman–Crippen MR) is 46.7 cm³/mol. The number of nitrogens with zero attached hydrogens (tertiary/aromatic N) is 1. The number of aromatic nitrogens is 1. The molecular weight excluding hydrogens is 150 g/mol. The van der Waals surface area contributed by atoms with Gasteiger partial charge < -0.3 is 4.74 Å². The van der Waals surface area contributed by atoms with Crippen molar-refractivity contribution in [3.63, 3.8) is 0 Å². The van der Waals surface area contributed by atoms with E-state index < -0.39 is 0 Å². The average Bonchev–Trinajstić information content (AvgIpc) is 2.04. The van der Waals surface area contributed by atoms with E-state index in [-0.39, 0.29) is 0 Å². The summed E-state index contributed by atoms with van der Waals surface area (Å²) >= 11 is 0. The third-order valence-corrected chi connectivity index (χ3v) is 2.25. The Morgan fingerprint density at radius 2 is 2.33 bits per heavy atom. The van der Waals surface area contributed by atoms with Crippen molar-refractivity contribution in [2.75, 3.05) is 0 Å². The first kappa shape index (κ1) is 7.74. The van der Waals surface area contributed by atoms with Gasteiger partial charge >= 0.3 is 0 Å². The molecule has 1 aromatic rings. The summed E-state index contributed by atoms with van der Waals surface area (Å²) in [4.78, 5) is 4.18. The van der Waals surface area contributed by atoms with Gasteiger partial charge in [-0.3, -0.25) is 4.98 Å². The minimum Gasteiger partial charge on any atom is -0.372 e. The molecule has 0 saturated heterocycles.